The van der Waals surface area contributed by atoms with Crippen LogP contribution >= 0.6 is 11.3 Å². The number of aryl methyl sites for hydroxylation is 1. The Hall–Kier alpha value is -3.18. The first kappa shape index (κ1) is 19.6. The molecular weight excluding hydrogens is 400 g/mol. The first-order chi connectivity index (χ1) is 13.3. The average Bonchev–Trinajstić information content (AvgIpc) is 3.28. The van der Waals surface area contributed by atoms with E-state index in [9.17, 15) is 8.42 Å². The fourth-order valence-corrected chi connectivity index (χ4v) is 4.05. The lowest BCUT2D eigenvalue weighted by molar-refractivity contribution is 0.515. The smallest absolute Gasteiger partial charge is 0.283 e. The molecule has 0 radical (unpaired) electrons. The summed E-state index contributed by atoms with van der Waals surface area (Å²) in [6.07, 6.45) is 1.14. The standard InChI is InChI=1S/C17H18N6O3S2/c1-11-4-2-3-5-15(11)28(24,25)21-10-20-8-12-6-7-14(26-12)13-9-27-17(22-13)23-16(18)19/h2-7,9-10H,8H2,1H3,(H,20,21)(H4,18,19,22,23). The highest BCUT2D eigenvalue weighted by atomic mass is 32.2. The van der Waals surface area contributed by atoms with E-state index in [1.54, 1.807) is 42.6 Å². The molecule has 146 valence electrons. The molecule has 2 heterocycles. The van der Waals surface area contributed by atoms with Gasteiger partial charge in [0, 0.05) is 5.38 Å². The summed E-state index contributed by atoms with van der Waals surface area (Å²) in [4.78, 5) is 8.31. The largest absolute Gasteiger partial charge is 0.458 e. The Labute approximate surface area is 165 Å². The fourth-order valence-electron chi connectivity index (χ4n) is 2.31. The third kappa shape index (κ3) is 4.75. The summed E-state index contributed by atoms with van der Waals surface area (Å²) >= 11 is 1.28. The minimum atomic E-state index is -3.76. The Morgan fingerprint density at radius 2 is 2.07 bits per heavy atom. The van der Waals surface area contributed by atoms with E-state index < -0.39 is 10.0 Å². The number of hydrogen-bond donors (Lipinski definition) is 3. The second kappa shape index (κ2) is 8.23. The Bertz CT molecular complexity index is 1130. The van der Waals surface area contributed by atoms with E-state index in [4.69, 9.17) is 15.9 Å². The second-order valence-corrected chi connectivity index (χ2v) is 8.11. The van der Waals surface area contributed by atoms with Crippen molar-refractivity contribution in [3.63, 3.8) is 0 Å². The minimum Gasteiger partial charge on any atom is -0.458 e. The summed E-state index contributed by atoms with van der Waals surface area (Å²) in [7, 11) is -3.76. The van der Waals surface area contributed by atoms with Crippen LogP contribution in [-0.2, 0) is 16.6 Å². The van der Waals surface area contributed by atoms with Crippen LogP contribution in [-0.4, -0.2) is 25.7 Å². The van der Waals surface area contributed by atoms with Gasteiger partial charge in [-0.3, -0.25) is 0 Å². The molecule has 28 heavy (non-hydrogen) atoms. The summed E-state index contributed by atoms with van der Waals surface area (Å²) in [5.41, 5.74) is 11.9. The highest BCUT2D eigenvalue weighted by Gasteiger charge is 2.14. The van der Waals surface area contributed by atoms with E-state index >= 15 is 0 Å². The zero-order valence-electron chi connectivity index (χ0n) is 14.9. The van der Waals surface area contributed by atoms with E-state index in [0.29, 0.717) is 27.9 Å². The predicted molar refractivity (Wildman–Crippen MR) is 109 cm³/mol. The number of nitrogens with one attached hydrogen (secondary N) is 1. The molecule has 9 nitrogen and oxygen atoms in total. The third-order valence-corrected chi connectivity index (χ3v) is 5.69. The van der Waals surface area contributed by atoms with Gasteiger partial charge in [-0.05, 0) is 30.7 Å². The number of hydrogen-bond acceptors (Lipinski definition) is 6. The molecule has 0 aliphatic rings. The van der Waals surface area contributed by atoms with Crippen molar-refractivity contribution in [1.82, 2.24) is 10.3 Å². The van der Waals surface area contributed by atoms with Gasteiger partial charge in [0.05, 0.1) is 11.4 Å². The summed E-state index contributed by atoms with van der Waals surface area (Å²) < 4.78 is 33.8. The Morgan fingerprint density at radius 1 is 1.29 bits per heavy atom. The van der Waals surface area contributed by atoms with Gasteiger partial charge >= 0.3 is 0 Å². The van der Waals surface area contributed by atoms with Crippen LogP contribution in [0.25, 0.3) is 11.5 Å². The molecule has 3 rings (SSSR count). The molecule has 3 aromatic rings. The predicted octanol–water partition coefficient (Wildman–Crippen LogP) is 2.12. The van der Waals surface area contributed by atoms with Gasteiger partial charge in [-0.1, -0.05) is 18.2 Å². The Balaban J connectivity index is 1.62. The normalized spacial score (nSPS) is 11.6. The number of furan rings is 1. The van der Waals surface area contributed by atoms with Gasteiger partial charge in [0.1, 0.15) is 17.8 Å². The summed E-state index contributed by atoms with van der Waals surface area (Å²) in [5, 5.41) is 5.01. The molecule has 0 atom stereocenters. The van der Waals surface area contributed by atoms with Gasteiger partial charge in [0.15, 0.2) is 11.7 Å². The molecule has 0 saturated heterocycles. The van der Waals surface area contributed by atoms with E-state index in [1.165, 1.54) is 17.4 Å². The van der Waals surface area contributed by atoms with Crippen LogP contribution in [0.15, 0.2) is 60.5 Å². The highest BCUT2D eigenvalue weighted by molar-refractivity contribution is 7.90. The maximum atomic E-state index is 12.2. The van der Waals surface area contributed by atoms with E-state index in [-0.39, 0.29) is 17.4 Å². The van der Waals surface area contributed by atoms with Crippen LogP contribution in [0.1, 0.15) is 11.3 Å². The third-order valence-electron chi connectivity index (χ3n) is 3.56. The minimum absolute atomic E-state index is 0.0647. The van der Waals surface area contributed by atoms with Crippen LogP contribution < -0.4 is 16.8 Å². The van der Waals surface area contributed by atoms with Gasteiger partial charge in [-0.15, -0.1) is 15.7 Å². The van der Waals surface area contributed by atoms with Crippen molar-refractivity contribution < 1.29 is 12.8 Å². The number of benzene rings is 1. The topological polar surface area (TPSA) is 149 Å². The Morgan fingerprint density at radius 3 is 2.82 bits per heavy atom. The van der Waals surface area contributed by atoms with Gasteiger partial charge < -0.3 is 21.2 Å². The summed E-state index contributed by atoms with van der Waals surface area (Å²) in [5.74, 6) is 1.07. The van der Waals surface area contributed by atoms with E-state index in [0.717, 1.165) is 6.34 Å². The van der Waals surface area contributed by atoms with Crippen molar-refractivity contribution in [2.24, 2.45) is 20.9 Å². The first-order valence-corrected chi connectivity index (χ1v) is 10.4. The maximum Gasteiger partial charge on any atom is 0.283 e. The van der Waals surface area contributed by atoms with Gasteiger partial charge in [-0.25, -0.2) is 4.98 Å². The van der Waals surface area contributed by atoms with Crippen LogP contribution in [0, 0.1) is 6.92 Å². The number of aliphatic imine (C=N–C) groups is 1. The van der Waals surface area contributed by atoms with Crippen molar-refractivity contribution in [2.75, 3.05) is 0 Å². The van der Waals surface area contributed by atoms with E-state index in [2.05, 4.69) is 19.7 Å². The molecule has 0 fully saturated rings. The number of thiazole rings is 1. The monoisotopic (exact) mass is 418 g/mol. The van der Waals surface area contributed by atoms with Crippen LogP contribution in [0.3, 0.4) is 0 Å². The zero-order valence-corrected chi connectivity index (χ0v) is 16.5. The SMILES string of the molecule is Cc1ccccc1S(=O)(=O)N=CNCc1ccc(-c2csc(N=C(N)N)n2)o1. The van der Waals surface area contributed by atoms with Crippen LogP contribution in [0.4, 0.5) is 5.13 Å². The molecule has 0 saturated carbocycles. The van der Waals surface area contributed by atoms with Crippen molar-refractivity contribution in [3.8, 4) is 11.5 Å². The average molecular weight is 419 g/mol. The zero-order chi connectivity index (χ0) is 20.1. The van der Waals surface area contributed by atoms with Crippen LogP contribution in [0.2, 0.25) is 0 Å². The number of nitrogens with zero attached hydrogens (tertiary/aromatic N) is 3. The highest BCUT2D eigenvalue weighted by Crippen LogP contribution is 2.28. The molecule has 0 amide bonds. The molecule has 0 bridgehead atoms. The molecule has 0 aliphatic heterocycles. The molecule has 11 heteroatoms. The molecule has 0 spiro atoms. The maximum absolute atomic E-state index is 12.2. The van der Waals surface area contributed by atoms with Crippen LogP contribution in [0.5, 0.6) is 0 Å². The lowest BCUT2D eigenvalue weighted by atomic mass is 10.2. The first-order valence-electron chi connectivity index (χ1n) is 8.07. The number of rotatable bonds is 7. The van der Waals surface area contributed by atoms with Crippen molar-refractivity contribution in [2.45, 2.75) is 18.4 Å². The lowest BCUT2D eigenvalue weighted by Crippen LogP contribution is -2.21. The van der Waals surface area contributed by atoms with Gasteiger partial charge in [0.2, 0.25) is 5.13 Å². The summed E-state index contributed by atoms with van der Waals surface area (Å²) in [6, 6.07) is 10.2. The molecule has 1 aromatic carbocycles. The molecule has 2 aromatic heterocycles. The van der Waals surface area contributed by atoms with Gasteiger partial charge in [-0.2, -0.15) is 13.4 Å². The number of guanidine groups is 1. The van der Waals surface area contributed by atoms with Crippen molar-refractivity contribution in [1.29, 1.82) is 0 Å². The lowest BCUT2D eigenvalue weighted by Gasteiger charge is -2.02. The quantitative estimate of drug-likeness (QED) is 0.393. The fraction of sp³-hybridized carbons (Fsp3) is 0.118. The van der Waals surface area contributed by atoms with E-state index in [1.807, 2.05) is 0 Å². The number of nitrogens with two attached hydrogens (primary N) is 2. The molecule has 5 N–H and O–H groups in total. The Kier molecular flexibility index (Phi) is 5.76. The molecule has 0 unspecified atom stereocenters. The van der Waals surface area contributed by atoms with Gasteiger partial charge in [0.25, 0.3) is 10.0 Å². The summed E-state index contributed by atoms with van der Waals surface area (Å²) in [6.45, 7) is 1.98. The second-order valence-electron chi connectivity index (χ2n) is 5.67. The van der Waals surface area contributed by atoms with Crippen molar-refractivity contribution in [3.05, 3.63) is 53.1 Å². The molecular formula is C17H18N6O3S2. The number of aromatic nitrogens is 1. The number of sulfonamides is 1. The molecule has 0 aliphatic carbocycles. The van der Waals surface area contributed by atoms with Crippen molar-refractivity contribution >= 4 is 38.8 Å².